The molecule has 82 heavy (non-hydrogen) atoms. The maximum absolute atomic E-state index is 13.3. The van der Waals surface area contributed by atoms with Crippen molar-refractivity contribution in [3.8, 4) is 33.8 Å². The Morgan fingerprint density at radius 3 is 1.10 bits per heavy atom. The summed E-state index contributed by atoms with van der Waals surface area (Å²) in [5.74, 6) is -1.05. The number of para-hydroxylation sites is 2. The van der Waals surface area contributed by atoms with Gasteiger partial charge in [-0.05, 0) is 156 Å². The van der Waals surface area contributed by atoms with Gasteiger partial charge in [0.25, 0.3) is 0 Å². The zero-order valence-corrected chi connectivity index (χ0v) is 46.1. The molecule has 0 unspecified atom stereocenters. The molecule has 8 aromatic carbocycles. The Morgan fingerprint density at radius 2 is 0.780 bits per heavy atom. The number of nitrogens with zero attached hydrogens (tertiary/aromatic N) is 2. The predicted octanol–water partition coefficient (Wildman–Crippen LogP) is 12.0. The molecule has 2 amide bonds. The Labute approximate surface area is 473 Å². The average molecular weight is 1150 g/mol. The predicted molar refractivity (Wildman–Crippen MR) is 310 cm³/mol. The van der Waals surface area contributed by atoms with Gasteiger partial charge in [0.05, 0.1) is 34.9 Å². The number of rotatable bonds is 18. The van der Waals surface area contributed by atoms with Crippen LogP contribution in [0.3, 0.4) is 0 Å². The van der Waals surface area contributed by atoms with E-state index in [1.54, 1.807) is 82.6 Å². The lowest BCUT2D eigenvalue weighted by Gasteiger charge is -2.30. The van der Waals surface area contributed by atoms with Crippen molar-refractivity contribution in [3.05, 3.63) is 228 Å². The van der Waals surface area contributed by atoms with Gasteiger partial charge in [0, 0.05) is 35.3 Å². The number of amides is 2. The Balaban J connectivity index is 0.000000198. The van der Waals surface area contributed by atoms with Crippen molar-refractivity contribution in [2.45, 2.75) is 75.7 Å². The molecule has 2 aliphatic heterocycles. The molecule has 6 atom stereocenters. The molecule has 2 fully saturated rings. The fourth-order valence-corrected chi connectivity index (χ4v) is 12.3. The van der Waals surface area contributed by atoms with E-state index in [-0.39, 0.29) is 70.2 Å². The normalized spacial score (nSPS) is 18.0. The number of hydrogen-bond donors (Lipinski definition) is 8. The van der Waals surface area contributed by atoms with Crippen LogP contribution >= 0.6 is 15.2 Å². The van der Waals surface area contributed by atoms with Gasteiger partial charge in [0.15, 0.2) is 0 Å². The molecular formula is C64H62F2N2O12P2. The first-order valence-electron chi connectivity index (χ1n) is 26.8. The Morgan fingerprint density at radius 1 is 0.451 bits per heavy atom. The smallest absolute Gasteiger partial charge is 0.356 e. The molecular weight excluding hydrogens is 1090 g/mol. The van der Waals surface area contributed by atoms with Crippen molar-refractivity contribution in [1.29, 1.82) is 0 Å². The van der Waals surface area contributed by atoms with Crippen LogP contribution in [0.5, 0.6) is 11.5 Å². The van der Waals surface area contributed by atoms with E-state index >= 15 is 0 Å². The second kappa shape index (κ2) is 25.7. The summed E-state index contributed by atoms with van der Waals surface area (Å²) in [7, 11) is -8.73. The van der Waals surface area contributed by atoms with E-state index in [0.29, 0.717) is 83.0 Å². The molecule has 0 radical (unpaired) electrons. The van der Waals surface area contributed by atoms with Gasteiger partial charge in [-0.1, -0.05) is 122 Å². The van der Waals surface area contributed by atoms with Crippen molar-refractivity contribution < 1.29 is 67.5 Å². The van der Waals surface area contributed by atoms with E-state index in [1.807, 2.05) is 72.8 Å². The van der Waals surface area contributed by atoms with Gasteiger partial charge in [-0.25, -0.2) is 8.78 Å². The number of halogens is 2. The first-order valence-corrected chi connectivity index (χ1v) is 30.1. The van der Waals surface area contributed by atoms with E-state index in [4.69, 9.17) is 0 Å². The number of anilines is 2. The molecule has 14 nitrogen and oxygen atoms in total. The van der Waals surface area contributed by atoms with E-state index in [1.165, 1.54) is 48.5 Å². The number of phenols is 2. The van der Waals surface area contributed by atoms with Crippen molar-refractivity contribution in [1.82, 2.24) is 0 Å². The first kappa shape index (κ1) is 59.0. The summed E-state index contributed by atoms with van der Waals surface area (Å²) in [6.45, 7) is 0. The van der Waals surface area contributed by atoms with Crippen LogP contribution < -0.4 is 20.4 Å². The van der Waals surface area contributed by atoms with Gasteiger partial charge in [0.2, 0.25) is 11.8 Å². The molecule has 424 valence electrons. The maximum atomic E-state index is 13.3. The maximum Gasteiger partial charge on any atom is 0.356 e. The summed E-state index contributed by atoms with van der Waals surface area (Å²) in [4.78, 5) is 67.7. The molecule has 2 aliphatic rings. The molecule has 2 heterocycles. The van der Waals surface area contributed by atoms with Crippen LogP contribution in [0.2, 0.25) is 0 Å². The molecule has 0 saturated carbocycles. The number of phenolic OH excluding ortho intramolecular Hbond substituents is 2. The van der Waals surface area contributed by atoms with Gasteiger partial charge in [-0.15, -0.1) is 0 Å². The number of aliphatic hydroxyl groups is 2. The number of benzene rings is 8. The molecule has 8 N–H and O–H groups in total. The van der Waals surface area contributed by atoms with Crippen molar-refractivity contribution in [2.24, 2.45) is 11.8 Å². The molecule has 0 aromatic heterocycles. The minimum atomic E-state index is -4.36. The minimum Gasteiger partial charge on any atom is -0.508 e. The summed E-state index contributed by atoms with van der Waals surface area (Å²) in [5, 5.41) is 43.5. The zero-order valence-electron chi connectivity index (χ0n) is 44.4. The van der Waals surface area contributed by atoms with Crippen LogP contribution in [-0.4, -0.2) is 51.8 Å². The van der Waals surface area contributed by atoms with Gasteiger partial charge < -0.3 is 49.8 Å². The Hall–Kier alpha value is -7.62. The van der Waals surface area contributed by atoms with Crippen LogP contribution in [0.15, 0.2) is 194 Å². The van der Waals surface area contributed by atoms with E-state index in [2.05, 4.69) is 0 Å². The van der Waals surface area contributed by atoms with Crippen LogP contribution in [0.25, 0.3) is 22.3 Å². The Kier molecular flexibility index (Phi) is 18.5. The van der Waals surface area contributed by atoms with E-state index < -0.39 is 39.5 Å². The van der Waals surface area contributed by atoms with Gasteiger partial charge >= 0.3 is 15.2 Å². The highest BCUT2D eigenvalue weighted by molar-refractivity contribution is 7.60. The molecule has 0 aliphatic carbocycles. The highest BCUT2D eigenvalue weighted by Crippen LogP contribution is 2.49. The van der Waals surface area contributed by atoms with Crippen molar-refractivity contribution in [3.63, 3.8) is 0 Å². The van der Waals surface area contributed by atoms with Gasteiger partial charge in [-0.3, -0.25) is 18.7 Å². The fraction of sp³-hybridized carbons (Fsp3) is 0.219. The Bertz CT molecular complexity index is 3350. The fourth-order valence-electron chi connectivity index (χ4n) is 11.2. The number of hydrogen-bond acceptors (Lipinski definition) is 8. The largest absolute Gasteiger partial charge is 0.508 e. The lowest BCUT2D eigenvalue weighted by Crippen LogP contribution is -2.28. The van der Waals surface area contributed by atoms with Crippen molar-refractivity contribution >= 4 is 49.0 Å². The van der Waals surface area contributed by atoms with E-state index in [0.717, 1.165) is 11.4 Å². The van der Waals surface area contributed by atoms with Gasteiger partial charge in [-0.2, -0.15) is 0 Å². The standard InChI is InChI=1S/2C32H31FNO6P/c2*33-25-14-9-22(10-15-25)29(35)8-4-5-24-20-31(37)34(26-6-2-1-3-7-26)32(24)28-18-13-23(19-30(28)36)21-11-16-27(17-12-21)41(38,39)40/h2*1-3,6-7,9-19,24,29,32,35-36H,4-5,8,20H2,(H2,38,39,40)/t24-,29+,32-;24-,29-,32+/m01/s1. The lowest BCUT2D eigenvalue weighted by atomic mass is 9.87. The third-order valence-electron chi connectivity index (χ3n) is 15.3. The quantitative estimate of drug-likeness (QED) is 0.0375. The summed E-state index contributed by atoms with van der Waals surface area (Å²) >= 11 is 0. The van der Waals surface area contributed by atoms with Crippen LogP contribution in [-0.2, 0) is 18.7 Å². The summed E-state index contributed by atoms with van der Waals surface area (Å²) in [6.07, 6.45) is 2.48. The molecule has 18 heteroatoms. The average Bonchev–Trinajstić information content (AvgIpc) is 4.22. The van der Waals surface area contributed by atoms with Crippen LogP contribution in [0.1, 0.15) is 97.9 Å². The third kappa shape index (κ3) is 14.0. The monoisotopic (exact) mass is 1150 g/mol. The molecule has 0 spiro atoms. The highest BCUT2D eigenvalue weighted by atomic mass is 31.2. The minimum absolute atomic E-state index is 0.0125. The number of carbonyl (C=O) groups is 2. The first-order chi connectivity index (χ1) is 39.2. The number of aromatic hydroxyl groups is 2. The number of carbonyl (C=O) groups excluding carboxylic acids is 2. The van der Waals surface area contributed by atoms with Gasteiger partial charge in [0.1, 0.15) is 23.1 Å². The number of aliphatic hydroxyl groups excluding tert-OH is 2. The topological polar surface area (TPSA) is 237 Å². The highest BCUT2D eigenvalue weighted by Gasteiger charge is 2.44. The second-order valence-electron chi connectivity index (χ2n) is 20.7. The molecule has 0 bridgehead atoms. The summed E-state index contributed by atoms with van der Waals surface area (Å²) < 4.78 is 49.6. The molecule has 8 aromatic rings. The third-order valence-corrected chi connectivity index (χ3v) is 17.3. The second-order valence-corrected chi connectivity index (χ2v) is 24.0. The molecule has 10 rings (SSSR count). The lowest BCUT2D eigenvalue weighted by molar-refractivity contribution is -0.118. The SMILES string of the molecule is O=C1C[C@@H](CCC[C@@H](O)c2ccc(F)cc2)[C@@H](c2ccc(-c3ccc(P(=O)(O)O)cc3)cc2O)N1c1ccccc1.O=C1C[C@H](CCC[C@@H](O)c2ccc(F)cc2)[C@@H](c2ccc(-c3ccc(P(=O)(O)O)cc3)cc2O)N1c1ccccc1. The van der Waals surface area contributed by atoms with Crippen molar-refractivity contribution in [2.75, 3.05) is 9.80 Å². The van der Waals surface area contributed by atoms with E-state index in [9.17, 15) is 67.5 Å². The summed E-state index contributed by atoms with van der Waals surface area (Å²) in [5.41, 5.74) is 6.61. The van der Waals surface area contributed by atoms with Crippen LogP contribution in [0.4, 0.5) is 20.2 Å². The zero-order chi connectivity index (χ0) is 58.3. The van der Waals surface area contributed by atoms with Crippen LogP contribution in [0, 0.1) is 23.5 Å². The summed E-state index contributed by atoms with van der Waals surface area (Å²) in [6, 6.07) is 51.6. The molecule has 2 saturated heterocycles.